The molecule has 5 heteroatoms. The van der Waals surface area contributed by atoms with Crippen LogP contribution in [0.1, 0.15) is 6.92 Å². The van der Waals surface area contributed by atoms with Crippen LogP contribution in [0.15, 0.2) is 0 Å². The number of hydrogen-bond donors (Lipinski definition) is 1. The number of amides is 1. The van der Waals surface area contributed by atoms with E-state index in [1.807, 2.05) is 0 Å². The van der Waals surface area contributed by atoms with E-state index in [9.17, 15) is 9.59 Å². The van der Waals surface area contributed by atoms with Gasteiger partial charge in [0, 0.05) is 20.5 Å². The minimum Gasteiger partial charge on any atom is -0.456 e. The van der Waals surface area contributed by atoms with Crippen molar-refractivity contribution in [2.45, 2.75) is 6.92 Å². The molecule has 0 spiro atoms. The Balaban J connectivity index is 3.64. The van der Waals surface area contributed by atoms with Gasteiger partial charge in [-0.05, 0) is 0 Å². The monoisotopic (exact) mass is 175 g/mol. The van der Waals surface area contributed by atoms with Crippen LogP contribution in [-0.2, 0) is 14.3 Å². The fourth-order valence-electron chi connectivity index (χ4n) is 0.548. The van der Waals surface area contributed by atoms with Crippen LogP contribution < -0.4 is 0 Å². The first kappa shape index (κ1) is 10.9. The third-order valence-electron chi connectivity index (χ3n) is 1.26. The normalized spacial score (nSPS) is 9.25. The van der Waals surface area contributed by atoms with Crippen molar-refractivity contribution >= 4 is 11.9 Å². The van der Waals surface area contributed by atoms with Gasteiger partial charge in [-0.25, -0.2) is 0 Å². The summed E-state index contributed by atoms with van der Waals surface area (Å²) in [5, 5.41) is 8.46. The molecule has 0 aliphatic rings. The van der Waals surface area contributed by atoms with Crippen LogP contribution in [0.3, 0.4) is 0 Å². The Bertz CT molecular complexity index is 169. The van der Waals surface area contributed by atoms with Gasteiger partial charge in [-0.3, -0.25) is 9.59 Å². The van der Waals surface area contributed by atoms with Crippen LogP contribution in [-0.4, -0.2) is 48.7 Å². The smallest absolute Gasteiger partial charge is 0.303 e. The van der Waals surface area contributed by atoms with Gasteiger partial charge in [0.15, 0.2) is 6.61 Å². The first-order valence-corrected chi connectivity index (χ1v) is 3.56. The molecule has 5 nitrogen and oxygen atoms in total. The molecule has 0 aromatic heterocycles. The van der Waals surface area contributed by atoms with E-state index in [1.54, 1.807) is 0 Å². The van der Waals surface area contributed by atoms with E-state index in [1.165, 1.54) is 18.9 Å². The molecular weight excluding hydrogens is 162 g/mol. The van der Waals surface area contributed by atoms with Gasteiger partial charge in [0.1, 0.15) is 0 Å². The Morgan fingerprint density at radius 3 is 2.50 bits per heavy atom. The summed E-state index contributed by atoms with van der Waals surface area (Å²) in [6.45, 7) is 1.13. The molecule has 0 fully saturated rings. The van der Waals surface area contributed by atoms with Crippen molar-refractivity contribution in [1.82, 2.24) is 4.90 Å². The molecular formula is C7H13NO4. The fraction of sp³-hybridized carbons (Fsp3) is 0.714. The number of likely N-dealkylation sites (N-methyl/N-ethyl adjacent to an activating group) is 1. The number of hydrogen-bond acceptors (Lipinski definition) is 4. The average molecular weight is 175 g/mol. The van der Waals surface area contributed by atoms with Crippen molar-refractivity contribution in [1.29, 1.82) is 0 Å². The van der Waals surface area contributed by atoms with E-state index in [0.717, 1.165) is 0 Å². The predicted molar refractivity (Wildman–Crippen MR) is 41.4 cm³/mol. The molecule has 0 bridgehead atoms. The molecule has 0 saturated heterocycles. The number of aliphatic hydroxyl groups is 1. The number of carbonyl (C=O) groups is 2. The minimum absolute atomic E-state index is 0.0949. The van der Waals surface area contributed by atoms with Crippen LogP contribution >= 0.6 is 0 Å². The summed E-state index contributed by atoms with van der Waals surface area (Å²) in [7, 11) is 1.53. The molecule has 12 heavy (non-hydrogen) atoms. The lowest BCUT2D eigenvalue weighted by molar-refractivity contribution is -0.149. The SMILES string of the molecule is CC(=O)OCC(=O)N(C)CCO. The highest BCUT2D eigenvalue weighted by atomic mass is 16.5. The van der Waals surface area contributed by atoms with E-state index >= 15 is 0 Å². The van der Waals surface area contributed by atoms with Crippen LogP contribution in [0.2, 0.25) is 0 Å². The van der Waals surface area contributed by atoms with E-state index in [4.69, 9.17) is 5.11 Å². The zero-order valence-electron chi connectivity index (χ0n) is 7.24. The fourth-order valence-corrected chi connectivity index (χ4v) is 0.548. The second-order valence-corrected chi connectivity index (χ2v) is 2.32. The largest absolute Gasteiger partial charge is 0.456 e. The number of esters is 1. The maximum absolute atomic E-state index is 11.0. The summed E-state index contributed by atoms with van der Waals surface area (Å²) in [5.41, 5.74) is 0. The maximum Gasteiger partial charge on any atom is 0.303 e. The predicted octanol–water partition coefficient (Wildman–Crippen LogP) is -1.000. The van der Waals surface area contributed by atoms with E-state index in [0.29, 0.717) is 0 Å². The summed E-state index contributed by atoms with van der Waals surface area (Å²) < 4.78 is 4.46. The van der Waals surface area contributed by atoms with Gasteiger partial charge < -0.3 is 14.7 Å². The van der Waals surface area contributed by atoms with Gasteiger partial charge in [-0.15, -0.1) is 0 Å². The molecule has 70 valence electrons. The quantitative estimate of drug-likeness (QED) is 0.556. The van der Waals surface area contributed by atoms with Gasteiger partial charge in [-0.2, -0.15) is 0 Å². The first-order valence-electron chi connectivity index (χ1n) is 3.56. The second-order valence-electron chi connectivity index (χ2n) is 2.32. The molecule has 1 amide bonds. The summed E-state index contributed by atoms with van der Waals surface area (Å²) in [4.78, 5) is 22.6. The molecule has 0 radical (unpaired) electrons. The van der Waals surface area contributed by atoms with Gasteiger partial charge in [0.2, 0.25) is 0 Å². The molecule has 0 aliphatic carbocycles. The Labute approximate surface area is 70.9 Å². The van der Waals surface area contributed by atoms with Crippen LogP contribution in [0, 0.1) is 0 Å². The lowest BCUT2D eigenvalue weighted by Crippen LogP contribution is -2.33. The van der Waals surface area contributed by atoms with E-state index in [-0.39, 0.29) is 25.7 Å². The number of aliphatic hydroxyl groups excluding tert-OH is 1. The highest BCUT2D eigenvalue weighted by Crippen LogP contribution is 1.85. The Morgan fingerprint density at radius 2 is 2.08 bits per heavy atom. The van der Waals surface area contributed by atoms with Gasteiger partial charge in [0.05, 0.1) is 6.61 Å². The van der Waals surface area contributed by atoms with Gasteiger partial charge in [0.25, 0.3) is 5.91 Å². The highest BCUT2D eigenvalue weighted by Gasteiger charge is 2.08. The van der Waals surface area contributed by atoms with E-state index in [2.05, 4.69) is 4.74 Å². The zero-order valence-corrected chi connectivity index (χ0v) is 7.24. The molecule has 0 aromatic rings. The molecule has 0 rings (SSSR count). The van der Waals surface area contributed by atoms with Gasteiger partial charge >= 0.3 is 5.97 Å². The number of ether oxygens (including phenoxy) is 1. The molecule has 1 N–H and O–H groups in total. The Morgan fingerprint density at radius 1 is 1.50 bits per heavy atom. The third-order valence-corrected chi connectivity index (χ3v) is 1.26. The molecule has 0 aromatic carbocycles. The number of rotatable bonds is 4. The lowest BCUT2D eigenvalue weighted by Gasteiger charge is -2.14. The lowest BCUT2D eigenvalue weighted by atomic mass is 10.5. The van der Waals surface area contributed by atoms with Crippen molar-refractivity contribution < 1.29 is 19.4 Å². The second kappa shape index (κ2) is 5.54. The van der Waals surface area contributed by atoms with Crippen molar-refractivity contribution in [3.05, 3.63) is 0 Å². The maximum atomic E-state index is 11.0. The van der Waals surface area contributed by atoms with Crippen LogP contribution in [0.5, 0.6) is 0 Å². The van der Waals surface area contributed by atoms with Crippen molar-refractivity contribution in [2.75, 3.05) is 26.8 Å². The van der Waals surface area contributed by atoms with Crippen LogP contribution in [0.4, 0.5) is 0 Å². The number of carbonyl (C=O) groups excluding carboxylic acids is 2. The van der Waals surface area contributed by atoms with Crippen LogP contribution in [0.25, 0.3) is 0 Å². The summed E-state index contributed by atoms with van der Waals surface area (Å²) in [6, 6.07) is 0. The molecule has 0 unspecified atom stereocenters. The Hall–Kier alpha value is -1.10. The third kappa shape index (κ3) is 4.68. The summed E-state index contributed by atoms with van der Waals surface area (Å²) >= 11 is 0. The summed E-state index contributed by atoms with van der Waals surface area (Å²) in [5.74, 6) is -0.806. The highest BCUT2D eigenvalue weighted by molar-refractivity contribution is 5.79. The van der Waals surface area contributed by atoms with E-state index < -0.39 is 5.97 Å². The number of nitrogens with zero attached hydrogens (tertiary/aromatic N) is 1. The molecule has 0 heterocycles. The summed E-state index contributed by atoms with van der Waals surface area (Å²) in [6.07, 6.45) is 0. The molecule has 0 aliphatic heterocycles. The standard InChI is InChI=1S/C7H13NO4/c1-6(10)12-5-7(11)8(2)3-4-9/h9H,3-5H2,1-2H3. The zero-order chi connectivity index (χ0) is 9.56. The van der Waals surface area contributed by atoms with Gasteiger partial charge in [-0.1, -0.05) is 0 Å². The van der Waals surface area contributed by atoms with Crippen molar-refractivity contribution in [2.24, 2.45) is 0 Å². The average Bonchev–Trinajstić information content (AvgIpc) is 2.00. The molecule has 0 saturated carbocycles. The van der Waals surface area contributed by atoms with Crippen molar-refractivity contribution in [3.63, 3.8) is 0 Å². The first-order chi connectivity index (χ1) is 5.57. The topological polar surface area (TPSA) is 66.8 Å². The Kier molecular flexibility index (Phi) is 5.03. The molecule has 0 atom stereocenters. The minimum atomic E-state index is -0.485. The van der Waals surface area contributed by atoms with Crippen molar-refractivity contribution in [3.8, 4) is 0 Å².